The summed E-state index contributed by atoms with van der Waals surface area (Å²) in [6.07, 6.45) is 3.15. The highest BCUT2D eigenvalue weighted by Gasteiger charge is 2.46. The first-order valence-corrected chi connectivity index (χ1v) is 10.0. The minimum absolute atomic E-state index is 0.295. The highest BCUT2D eigenvalue weighted by Crippen LogP contribution is 2.47. The number of carbonyl (C=O) groups is 2. The maximum absolute atomic E-state index is 12.4. The van der Waals surface area contributed by atoms with Crippen LogP contribution in [0, 0.1) is 0 Å². The summed E-state index contributed by atoms with van der Waals surface area (Å²) in [5, 5.41) is 0. The number of hydrogen-bond donors (Lipinski definition) is 0. The lowest BCUT2D eigenvalue weighted by molar-refractivity contribution is -0.146. The molecule has 0 N–H and O–H groups in total. The smallest absolute Gasteiger partial charge is 0.321 e. The Kier molecular flexibility index (Phi) is 5.16. The third-order valence-electron chi connectivity index (χ3n) is 5.39. The maximum Gasteiger partial charge on any atom is 0.321 e. The maximum atomic E-state index is 12.4. The Morgan fingerprint density at radius 2 is 2.11 bits per heavy atom. The van der Waals surface area contributed by atoms with E-state index in [-0.39, 0.29) is 11.9 Å². The molecule has 3 rings (SSSR count). The molecule has 1 aromatic rings. The standard InChI is InChI=1S/C21H27NO4S/c1-7-22-9-8-14(27-22)10-13-11-15(20(2,3)18(23)25-6)17-16(12-13)21(4,5)19(24)26-17/h10-12H,7-9H2,1-6H3/b14-10+. The van der Waals surface area contributed by atoms with Gasteiger partial charge in [-0.3, -0.25) is 9.59 Å². The summed E-state index contributed by atoms with van der Waals surface area (Å²) in [4.78, 5) is 26.1. The van der Waals surface area contributed by atoms with Crippen molar-refractivity contribution in [1.29, 1.82) is 0 Å². The van der Waals surface area contributed by atoms with Gasteiger partial charge < -0.3 is 9.47 Å². The van der Waals surface area contributed by atoms with E-state index in [4.69, 9.17) is 9.47 Å². The van der Waals surface area contributed by atoms with E-state index < -0.39 is 10.8 Å². The number of methoxy groups -OCH3 is 1. The number of hydrogen-bond acceptors (Lipinski definition) is 6. The van der Waals surface area contributed by atoms with Crippen molar-refractivity contribution in [3.63, 3.8) is 0 Å². The van der Waals surface area contributed by atoms with Crippen LogP contribution in [0.2, 0.25) is 0 Å². The average Bonchev–Trinajstić information content (AvgIpc) is 3.16. The van der Waals surface area contributed by atoms with Gasteiger partial charge in [-0.25, -0.2) is 4.31 Å². The molecule has 0 saturated carbocycles. The molecule has 0 atom stereocenters. The molecular weight excluding hydrogens is 362 g/mol. The second kappa shape index (κ2) is 6.99. The van der Waals surface area contributed by atoms with Crippen LogP contribution < -0.4 is 4.74 Å². The quantitative estimate of drug-likeness (QED) is 0.440. The zero-order valence-electron chi connectivity index (χ0n) is 16.8. The number of fused-ring (bicyclic) bond motifs is 1. The van der Waals surface area contributed by atoms with Crippen molar-refractivity contribution in [1.82, 2.24) is 4.31 Å². The number of ether oxygens (including phenoxy) is 2. The Morgan fingerprint density at radius 1 is 1.41 bits per heavy atom. The summed E-state index contributed by atoms with van der Waals surface area (Å²) in [6, 6.07) is 3.96. The molecule has 5 nitrogen and oxygen atoms in total. The number of nitrogens with zero attached hydrogens (tertiary/aromatic N) is 1. The van der Waals surface area contributed by atoms with Gasteiger partial charge in [0, 0.05) is 29.1 Å². The van der Waals surface area contributed by atoms with E-state index in [1.807, 2.05) is 26.0 Å². The second-order valence-corrected chi connectivity index (χ2v) is 9.27. The topological polar surface area (TPSA) is 55.8 Å². The molecule has 0 aromatic heterocycles. The third-order valence-corrected chi connectivity index (χ3v) is 6.65. The Morgan fingerprint density at radius 3 is 2.70 bits per heavy atom. The number of benzene rings is 1. The normalized spacial score (nSPS) is 20.7. The molecule has 1 fully saturated rings. The van der Waals surface area contributed by atoms with Crippen LogP contribution in [-0.4, -0.2) is 36.4 Å². The minimum Gasteiger partial charge on any atom is -0.468 e. The van der Waals surface area contributed by atoms with Crippen LogP contribution in [0.25, 0.3) is 6.08 Å². The molecule has 2 aliphatic heterocycles. The van der Waals surface area contributed by atoms with Gasteiger partial charge in [0.15, 0.2) is 0 Å². The molecule has 0 unspecified atom stereocenters. The van der Waals surface area contributed by atoms with Crippen LogP contribution in [-0.2, 0) is 25.2 Å². The summed E-state index contributed by atoms with van der Waals surface area (Å²) in [7, 11) is 1.38. The van der Waals surface area contributed by atoms with Crippen LogP contribution in [0.4, 0.5) is 0 Å². The first-order chi connectivity index (χ1) is 12.6. The van der Waals surface area contributed by atoms with Crippen molar-refractivity contribution in [3.05, 3.63) is 33.7 Å². The first-order valence-electron chi connectivity index (χ1n) is 9.24. The highest BCUT2D eigenvalue weighted by molar-refractivity contribution is 8.01. The molecule has 0 bridgehead atoms. The molecule has 0 aliphatic carbocycles. The van der Waals surface area contributed by atoms with Crippen LogP contribution >= 0.6 is 11.9 Å². The lowest BCUT2D eigenvalue weighted by Crippen LogP contribution is -2.30. The minimum atomic E-state index is -0.924. The van der Waals surface area contributed by atoms with Crippen molar-refractivity contribution in [2.75, 3.05) is 20.2 Å². The fourth-order valence-corrected chi connectivity index (χ4v) is 4.48. The summed E-state index contributed by atoms with van der Waals surface area (Å²) in [5.41, 5.74) is 0.819. The summed E-state index contributed by atoms with van der Waals surface area (Å²) in [6.45, 7) is 11.5. The SMILES string of the molecule is CCN1CC/C(=C\c2cc(C(C)(C)C(=O)OC)c3c(c2)C(C)(C)C(=O)O3)S1. The Hall–Kier alpha value is -1.79. The van der Waals surface area contributed by atoms with Gasteiger partial charge in [0.1, 0.15) is 5.75 Å². The fraction of sp³-hybridized carbons (Fsp3) is 0.524. The van der Waals surface area contributed by atoms with Gasteiger partial charge in [-0.15, -0.1) is 0 Å². The summed E-state index contributed by atoms with van der Waals surface area (Å²) in [5.74, 6) is -0.156. The average molecular weight is 390 g/mol. The molecule has 1 saturated heterocycles. The van der Waals surface area contributed by atoms with Gasteiger partial charge in [-0.05, 0) is 69.8 Å². The van der Waals surface area contributed by atoms with Crippen molar-refractivity contribution >= 4 is 30.0 Å². The molecular formula is C21H27NO4S. The molecule has 146 valence electrons. The second-order valence-electron chi connectivity index (χ2n) is 8.05. The Bertz CT molecular complexity index is 826. The zero-order chi connectivity index (χ0) is 20.0. The first kappa shape index (κ1) is 20.0. The zero-order valence-corrected chi connectivity index (χ0v) is 17.7. The monoisotopic (exact) mass is 389 g/mol. The van der Waals surface area contributed by atoms with Gasteiger partial charge in [0.25, 0.3) is 0 Å². The van der Waals surface area contributed by atoms with E-state index in [2.05, 4.69) is 17.3 Å². The lowest BCUT2D eigenvalue weighted by atomic mass is 9.78. The predicted molar refractivity (Wildman–Crippen MR) is 108 cm³/mol. The van der Waals surface area contributed by atoms with Crippen LogP contribution in [0.15, 0.2) is 17.0 Å². The van der Waals surface area contributed by atoms with E-state index in [1.165, 1.54) is 12.0 Å². The van der Waals surface area contributed by atoms with Gasteiger partial charge in [-0.1, -0.05) is 6.92 Å². The molecule has 6 heteroatoms. The molecule has 2 heterocycles. The molecule has 2 aliphatic rings. The Balaban J connectivity index is 2.14. The van der Waals surface area contributed by atoms with Crippen LogP contribution in [0.3, 0.4) is 0 Å². The van der Waals surface area contributed by atoms with Crippen LogP contribution in [0.1, 0.15) is 57.7 Å². The van der Waals surface area contributed by atoms with Crippen molar-refractivity contribution in [3.8, 4) is 5.75 Å². The summed E-state index contributed by atoms with van der Waals surface area (Å²) < 4.78 is 12.9. The van der Waals surface area contributed by atoms with E-state index in [9.17, 15) is 9.59 Å². The van der Waals surface area contributed by atoms with Gasteiger partial charge in [0.05, 0.1) is 17.9 Å². The van der Waals surface area contributed by atoms with Crippen molar-refractivity contribution in [2.24, 2.45) is 0 Å². The molecule has 0 amide bonds. The number of rotatable bonds is 4. The molecule has 0 radical (unpaired) electrons. The van der Waals surface area contributed by atoms with Crippen LogP contribution in [0.5, 0.6) is 5.75 Å². The largest absolute Gasteiger partial charge is 0.468 e. The van der Waals surface area contributed by atoms with Crippen molar-refractivity contribution in [2.45, 2.75) is 51.9 Å². The van der Waals surface area contributed by atoms with Gasteiger partial charge >= 0.3 is 11.9 Å². The predicted octanol–water partition coefficient (Wildman–Crippen LogP) is 4.05. The van der Waals surface area contributed by atoms with E-state index >= 15 is 0 Å². The molecule has 1 aromatic carbocycles. The number of carbonyl (C=O) groups excluding carboxylic acids is 2. The van der Waals surface area contributed by atoms with Gasteiger partial charge in [0.2, 0.25) is 0 Å². The van der Waals surface area contributed by atoms with Gasteiger partial charge in [-0.2, -0.15) is 0 Å². The van der Waals surface area contributed by atoms with E-state index in [0.29, 0.717) is 11.3 Å². The Labute approximate surface area is 165 Å². The molecule has 27 heavy (non-hydrogen) atoms. The van der Waals surface area contributed by atoms with Crippen molar-refractivity contribution < 1.29 is 19.1 Å². The highest BCUT2D eigenvalue weighted by atomic mass is 32.2. The molecule has 0 spiro atoms. The third kappa shape index (κ3) is 3.41. The lowest BCUT2D eigenvalue weighted by Gasteiger charge is -2.25. The summed E-state index contributed by atoms with van der Waals surface area (Å²) >= 11 is 1.77. The fourth-order valence-electron chi connectivity index (χ4n) is 3.47. The number of esters is 2. The van der Waals surface area contributed by atoms with E-state index in [0.717, 1.165) is 30.6 Å². The van der Waals surface area contributed by atoms with E-state index in [1.54, 1.807) is 25.8 Å².